The van der Waals surface area contributed by atoms with Gasteiger partial charge in [0.1, 0.15) is 18.3 Å². The van der Waals surface area contributed by atoms with Crippen LogP contribution in [-0.4, -0.2) is 82.5 Å². The molecule has 2 heterocycles. The Hall–Kier alpha value is -3.38. The molecule has 204 valence electrons. The summed E-state index contributed by atoms with van der Waals surface area (Å²) in [6, 6.07) is 6.47. The molecule has 0 aromatic heterocycles. The van der Waals surface area contributed by atoms with Crippen molar-refractivity contribution in [2.24, 2.45) is 0 Å². The highest BCUT2D eigenvalue weighted by Crippen LogP contribution is 2.50. The summed E-state index contributed by atoms with van der Waals surface area (Å²) in [6.07, 6.45) is -1.63. The zero-order chi connectivity index (χ0) is 27.0. The van der Waals surface area contributed by atoms with E-state index < -0.39 is 53.9 Å². The Balaban J connectivity index is 1.39. The molecule has 0 bridgehead atoms. The molecular formula is C27H33N3O8. The molecule has 5 rings (SSSR count). The number of carbonyl (C=O) groups excluding carboxylic acids is 2. The lowest BCUT2D eigenvalue weighted by molar-refractivity contribution is -0.117. The number of hydrogen-bond donors (Lipinski definition) is 7. The number of aromatic hydroxyl groups is 1. The molecule has 0 saturated heterocycles. The second-order valence-electron chi connectivity index (χ2n) is 9.97. The number of phenolic OH excluding ortho intramolecular Hbond substituents is 1. The summed E-state index contributed by atoms with van der Waals surface area (Å²) in [6.45, 7) is 3.80. The molecule has 0 radical (unpaired) electrons. The Morgan fingerprint density at radius 3 is 2.58 bits per heavy atom. The van der Waals surface area contributed by atoms with Crippen LogP contribution in [0.4, 0.5) is 0 Å². The molecule has 7 N–H and O–H groups in total. The van der Waals surface area contributed by atoms with Crippen molar-refractivity contribution >= 4 is 11.8 Å². The van der Waals surface area contributed by atoms with Crippen LogP contribution in [0.5, 0.6) is 17.2 Å². The minimum absolute atomic E-state index is 0.0236. The van der Waals surface area contributed by atoms with Crippen LogP contribution in [0.1, 0.15) is 57.5 Å². The van der Waals surface area contributed by atoms with E-state index >= 15 is 0 Å². The molecule has 1 saturated carbocycles. The number of phenols is 1. The van der Waals surface area contributed by atoms with Crippen LogP contribution in [0.2, 0.25) is 0 Å². The monoisotopic (exact) mass is 527 g/mol. The van der Waals surface area contributed by atoms with Crippen molar-refractivity contribution < 1.29 is 39.5 Å². The summed E-state index contributed by atoms with van der Waals surface area (Å²) < 4.78 is 10.7. The molecule has 2 aromatic rings. The molecule has 0 unspecified atom stereocenters. The summed E-state index contributed by atoms with van der Waals surface area (Å²) in [5, 5.41) is 51.7. The van der Waals surface area contributed by atoms with Crippen LogP contribution in [0.3, 0.4) is 0 Å². The van der Waals surface area contributed by atoms with Crippen molar-refractivity contribution in [2.45, 2.75) is 62.5 Å². The average Bonchev–Trinajstić information content (AvgIpc) is 3.39. The summed E-state index contributed by atoms with van der Waals surface area (Å²) in [4.78, 5) is 26.1. The number of ether oxygens (including phenoxy) is 2. The molecule has 1 aliphatic carbocycles. The number of amides is 2. The maximum atomic E-state index is 13.2. The van der Waals surface area contributed by atoms with Gasteiger partial charge < -0.3 is 45.9 Å². The van der Waals surface area contributed by atoms with Crippen molar-refractivity contribution in [1.82, 2.24) is 16.0 Å². The van der Waals surface area contributed by atoms with Gasteiger partial charge in [-0.15, -0.1) is 0 Å². The highest BCUT2D eigenvalue weighted by molar-refractivity contribution is 6.02. The number of fused-ring (bicyclic) bond motifs is 4. The Kier molecular flexibility index (Phi) is 7.44. The van der Waals surface area contributed by atoms with Gasteiger partial charge in [-0.2, -0.15) is 0 Å². The highest BCUT2D eigenvalue weighted by Gasteiger charge is 2.54. The van der Waals surface area contributed by atoms with Crippen molar-refractivity contribution in [3.63, 3.8) is 0 Å². The molecule has 2 aromatic carbocycles. The van der Waals surface area contributed by atoms with Gasteiger partial charge in [0.15, 0.2) is 11.5 Å². The third-order valence-electron chi connectivity index (χ3n) is 7.57. The molecule has 1 fully saturated rings. The van der Waals surface area contributed by atoms with Gasteiger partial charge in [0.2, 0.25) is 12.5 Å². The van der Waals surface area contributed by atoms with Crippen LogP contribution in [0.25, 0.3) is 0 Å². The predicted octanol–water partition coefficient (Wildman–Crippen LogP) is 0.144. The van der Waals surface area contributed by atoms with Crippen molar-refractivity contribution in [1.29, 1.82) is 0 Å². The fourth-order valence-electron chi connectivity index (χ4n) is 5.50. The first kappa shape index (κ1) is 26.2. The number of unbranched alkanes of at least 4 members (excludes halogenated alkanes) is 1. The molecule has 2 amide bonds. The van der Waals surface area contributed by atoms with Gasteiger partial charge in [0.25, 0.3) is 11.8 Å². The average molecular weight is 528 g/mol. The zero-order valence-electron chi connectivity index (χ0n) is 21.0. The SMILES string of the molecule is CCCCNCCc1ccc(C(=O)N[C@H]2[C@H](O)[C@@H](O)[C@@H](O)[C@@H]3NC(=O)c4c(cc5c(c4O)OCO5)[C@@H]23)cc1. The number of hydrogen-bond acceptors (Lipinski definition) is 9. The Morgan fingerprint density at radius 1 is 1.08 bits per heavy atom. The van der Waals surface area contributed by atoms with Gasteiger partial charge in [-0.25, -0.2) is 0 Å². The first-order chi connectivity index (χ1) is 18.3. The number of nitrogens with one attached hydrogen (secondary N) is 3. The van der Waals surface area contributed by atoms with Crippen LogP contribution in [0, 0.1) is 0 Å². The van der Waals surface area contributed by atoms with Gasteiger partial charge in [-0.05, 0) is 55.3 Å². The fraction of sp³-hybridized carbons (Fsp3) is 0.481. The number of aliphatic hydroxyl groups excluding tert-OH is 3. The molecule has 11 nitrogen and oxygen atoms in total. The van der Waals surface area contributed by atoms with Gasteiger partial charge >= 0.3 is 0 Å². The smallest absolute Gasteiger partial charge is 0.255 e. The lowest BCUT2D eigenvalue weighted by Gasteiger charge is -2.49. The lowest BCUT2D eigenvalue weighted by atomic mass is 9.68. The third kappa shape index (κ3) is 4.66. The molecule has 3 aliphatic rings. The molecule has 6 atom stereocenters. The Bertz CT molecular complexity index is 1200. The van der Waals surface area contributed by atoms with Gasteiger partial charge in [0, 0.05) is 11.5 Å². The fourth-order valence-corrected chi connectivity index (χ4v) is 5.50. The third-order valence-corrected chi connectivity index (χ3v) is 7.57. The van der Waals surface area contributed by atoms with E-state index in [0.717, 1.165) is 37.9 Å². The van der Waals surface area contributed by atoms with Crippen LogP contribution in [0.15, 0.2) is 30.3 Å². The summed E-state index contributed by atoms with van der Waals surface area (Å²) in [5.41, 5.74) is 1.59. The molecule has 0 spiro atoms. The highest BCUT2D eigenvalue weighted by atomic mass is 16.7. The quantitative estimate of drug-likeness (QED) is 0.236. The zero-order valence-corrected chi connectivity index (χ0v) is 21.0. The van der Waals surface area contributed by atoms with E-state index in [1.165, 1.54) is 6.07 Å². The van der Waals surface area contributed by atoms with Crippen molar-refractivity contribution in [3.05, 3.63) is 52.6 Å². The van der Waals surface area contributed by atoms with Crippen LogP contribution < -0.4 is 25.4 Å². The van der Waals surface area contributed by atoms with Crippen LogP contribution in [-0.2, 0) is 6.42 Å². The minimum atomic E-state index is -1.63. The number of benzene rings is 2. The maximum absolute atomic E-state index is 13.2. The van der Waals surface area contributed by atoms with Gasteiger partial charge in [-0.3, -0.25) is 9.59 Å². The van der Waals surface area contributed by atoms with Gasteiger partial charge in [-0.1, -0.05) is 25.5 Å². The lowest BCUT2D eigenvalue weighted by Crippen LogP contribution is -2.69. The van der Waals surface area contributed by atoms with E-state index in [1.807, 2.05) is 12.1 Å². The number of rotatable bonds is 8. The Morgan fingerprint density at radius 2 is 1.84 bits per heavy atom. The normalized spacial score (nSPS) is 27.3. The number of aliphatic hydroxyl groups is 3. The molecular weight excluding hydrogens is 494 g/mol. The topological polar surface area (TPSA) is 170 Å². The molecule has 11 heteroatoms. The van der Waals surface area contributed by atoms with E-state index in [4.69, 9.17) is 9.47 Å². The number of carbonyl (C=O) groups is 2. The van der Waals surface area contributed by atoms with E-state index in [2.05, 4.69) is 22.9 Å². The van der Waals surface area contributed by atoms with E-state index in [9.17, 15) is 30.0 Å². The molecule has 38 heavy (non-hydrogen) atoms. The Labute approximate surface area is 219 Å². The van der Waals surface area contributed by atoms with Crippen molar-refractivity contribution in [3.8, 4) is 17.2 Å². The van der Waals surface area contributed by atoms with E-state index in [0.29, 0.717) is 5.56 Å². The van der Waals surface area contributed by atoms with E-state index in [-0.39, 0.29) is 29.4 Å². The summed E-state index contributed by atoms with van der Waals surface area (Å²) in [7, 11) is 0. The summed E-state index contributed by atoms with van der Waals surface area (Å²) in [5.74, 6) is -2.25. The summed E-state index contributed by atoms with van der Waals surface area (Å²) >= 11 is 0. The van der Waals surface area contributed by atoms with Gasteiger partial charge in [0.05, 0.1) is 17.6 Å². The van der Waals surface area contributed by atoms with Crippen molar-refractivity contribution in [2.75, 3.05) is 19.9 Å². The van der Waals surface area contributed by atoms with Crippen LogP contribution >= 0.6 is 0 Å². The first-order valence-corrected chi connectivity index (χ1v) is 12.9. The second-order valence-corrected chi connectivity index (χ2v) is 9.97. The maximum Gasteiger partial charge on any atom is 0.255 e. The predicted molar refractivity (Wildman–Crippen MR) is 135 cm³/mol. The standard InChI is InChI=1S/C27H33N3O8/c1-2-3-9-28-10-8-13-4-6-14(7-5-13)26(35)29-19-17-15-11-16-25(38-12-37-16)21(31)18(15)27(36)30-20(17)23(33)24(34)22(19)32/h4-7,11,17,19-20,22-24,28,31-34H,2-3,8-10,12H2,1H3,(H,29,35)(H,30,36)/t17-,19+,20+,22-,23-,24+/m0/s1. The first-order valence-electron chi connectivity index (χ1n) is 12.9. The minimum Gasteiger partial charge on any atom is -0.504 e. The van der Waals surface area contributed by atoms with E-state index in [1.54, 1.807) is 12.1 Å². The second kappa shape index (κ2) is 10.8. The molecule has 2 aliphatic heterocycles. The largest absolute Gasteiger partial charge is 0.504 e.